The highest BCUT2D eigenvalue weighted by Gasteiger charge is 2.30. The van der Waals surface area contributed by atoms with Crippen molar-refractivity contribution in [3.8, 4) is 0 Å². The van der Waals surface area contributed by atoms with Gasteiger partial charge in [-0.15, -0.1) is 11.3 Å². The molecule has 0 radical (unpaired) electrons. The van der Waals surface area contributed by atoms with Crippen LogP contribution in [0, 0.1) is 0 Å². The highest BCUT2D eigenvalue weighted by Crippen LogP contribution is 2.29. The van der Waals surface area contributed by atoms with Crippen molar-refractivity contribution >= 4 is 28.9 Å². The lowest BCUT2D eigenvalue weighted by atomic mass is 10.2. The quantitative estimate of drug-likeness (QED) is 0.772. The molecule has 2 rings (SSSR count). The monoisotopic (exact) mass is 371 g/mol. The molecule has 0 fully saturated rings. The van der Waals surface area contributed by atoms with Gasteiger partial charge in [0, 0.05) is 10.6 Å². The Hall–Kier alpha value is -2.35. The first kappa shape index (κ1) is 19.0. The maximum Gasteiger partial charge on any atom is 0.416 e. The number of thiophene rings is 1. The Bertz CT molecular complexity index is 712. The summed E-state index contributed by atoms with van der Waals surface area (Å²) in [5.41, 5.74) is -0.613. The van der Waals surface area contributed by atoms with Gasteiger partial charge in [0.25, 0.3) is 5.91 Å². The van der Waals surface area contributed by atoms with E-state index in [1.54, 1.807) is 0 Å². The predicted octanol–water partition coefficient (Wildman–Crippen LogP) is 4.27. The number of esters is 1. The van der Waals surface area contributed by atoms with Gasteiger partial charge in [-0.2, -0.15) is 13.2 Å². The average molecular weight is 371 g/mol. The molecule has 25 heavy (non-hydrogen) atoms. The molecule has 0 aliphatic heterocycles. The van der Waals surface area contributed by atoms with Crippen LogP contribution in [0.4, 0.5) is 18.9 Å². The third-order valence-electron chi connectivity index (χ3n) is 3.31. The number of ether oxygens (including phenoxy) is 1. The number of carbonyl (C=O) groups excluding carboxylic acids is 2. The van der Waals surface area contributed by atoms with Crippen molar-refractivity contribution in [2.24, 2.45) is 0 Å². The van der Waals surface area contributed by atoms with Crippen molar-refractivity contribution in [1.29, 1.82) is 0 Å². The Kier molecular flexibility index (Phi) is 6.19. The van der Waals surface area contributed by atoms with Crippen LogP contribution in [0.2, 0.25) is 0 Å². The predicted molar refractivity (Wildman–Crippen MR) is 88.3 cm³/mol. The topological polar surface area (TPSA) is 55.4 Å². The van der Waals surface area contributed by atoms with Gasteiger partial charge in [0.1, 0.15) is 0 Å². The second kappa shape index (κ2) is 8.15. The van der Waals surface area contributed by atoms with Crippen LogP contribution in [0.3, 0.4) is 0 Å². The fourth-order valence-corrected chi connectivity index (χ4v) is 2.69. The van der Waals surface area contributed by atoms with E-state index in [9.17, 15) is 22.8 Å². The van der Waals surface area contributed by atoms with Gasteiger partial charge in [-0.3, -0.25) is 9.59 Å². The molecular formula is C17H16F3NO3S. The number of carbonyl (C=O) groups is 2. The third-order valence-corrected chi connectivity index (χ3v) is 4.25. The fraction of sp³-hybridized carbons (Fsp3) is 0.294. The second-order valence-electron chi connectivity index (χ2n) is 5.28. The molecule has 4 nitrogen and oxygen atoms in total. The average Bonchev–Trinajstić information content (AvgIpc) is 3.06. The molecule has 0 aliphatic carbocycles. The molecule has 8 heteroatoms. The summed E-state index contributed by atoms with van der Waals surface area (Å²) in [5.74, 6) is -1.12. The summed E-state index contributed by atoms with van der Waals surface area (Å²) < 4.78 is 42.5. The van der Waals surface area contributed by atoms with Gasteiger partial charge < -0.3 is 10.1 Å². The SMILES string of the molecule is CC(OC(=O)CCc1cccs1)C(=O)Nc1ccc(C(F)(F)F)cc1. The molecule has 1 unspecified atom stereocenters. The summed E-state index contributed by atoms with van der Waals surface area (Å²) in [6, 6.07) is 7.81. The van der Waals surface area contributed by atoms with Crippen LogP contribution in [0.25, 0.3) is 0 Å². The zero-order valence-electron chi connectivity index (χ0n) is 13.3. The van der Waals surface area contributed by atoms with Gasteiger partial charge in [-0.25, -0.2) is 0 Å². The second-order valence-corrected chi connectivity index (χ2v) is 6.31. The van der Waals surface area contributed by atoms with Crippen molar-refractivity contribution in [2.45, 2.75) is 32.0 Å². The molecule has 0 saturated heterocycles. The number of amides is 1. The Balaban J connectivity index is 1.82. The van der Waals surface area contributed by atoms with Crippen LogP contribution in [0.5, 0.6) is 0 Å². The van der Waals surface area contributed by atoms with E-state index in [0.717, 1.165) is 29.1 Å². The van der Waals surface area contributed by atoms with Gasteiger partial charge in [-0.1, -0.05) is 6.07 Å². The summed E-state index contributed by atoms with van der Waals surface area (Å²) >= 11 is 1.53. The van der Waals surface area contributed by atoms with Crippen LogP contribution in [-0.2, 0) is 26.9 Å². The lowest BCUT2D eigenvalue weighted by Crippen LogP contribution is -2.30. The molecule has 0 bridgehead atoms. The summed E-state index contributed by atoms with van der Waals surface area (Å²) in [5, 5.41) is 4.32. The molecule has 1 aromatic carbocycles. The maximum atomic E-state index is 12.5. The third kappa shape index (κ3) is 5.90. The largest absolute Gasteiger partial charge is 0.453 e. The van der Waals surface area contributed by atoms with Crippen LogP contribution in [0.15, 0.2) is 41.8 Å². The van der Waals surface area contributed by atoms with Crippen LogP contribution in [0.1, 0.15) is 23.8 Å². The maximum absolute atomic E-state index is 12.5. The highest BCUT2D eigenvalue weighted by atomic mass is 32.1. The number of hydrogen-bond donors (Lipinski definition) is 1. The van der Waals surface area contributed by atoms with Crippen molar-refractivity contribution < 1.29 is 27.5 Å². The molecule has 1 amide bonds. The molecule has 0 aliphatic rings. The summed E-state index contributed by atoms with van der Waals surface area (Å²) in [6.07, 6.45) is -4.80. The van der Waals surface area contributed by atoms with Gasteiger partial charge in [0.05, 0.1) is 12.0 Å². The van der Waals surface area contributed by atoms with E-state index >= 15 is 0 Å². The number of halogens is 3. The zero-order valence-corrected chi connectivity index (χ0v) is 14.1. The number of anilines is 1. The Labute approximate surface area is 146 Å². The van der Waals surface area contributed by atoms with Gasteiger partial charge in [0.15, 0.2) is 6.10 Å². The van der Waals surface area contributed by atoms with Crippen LogP contribution >= 0.6 is 11.3 Å². The number of hydrogen-bond acceptors (Lipinski definition) is 4. The molecule has 134 valence electrons. The summed E-state index contributed by atoms with van der Waals surface area (Å²) in [4.78, 5) is 24.7. The Morgan fingerprint density at radius 1 is 1.20 bits per heavy atom. The van der Waals surface area contributed by atoms with E-state index in [2.05, 4.69) is 5.32 Å². The first-order valence-electron chi connectivity index (χ1n) is 7.45. The minimum Gasteiger partial charge on any atom is -0.453 e. The lowest BCUT2D eigenvalue weighted by Gasteiger charge is -2.14. The summed E-state index contributed by atoms with van der Waals surface area (Å²) in [6.45, 7) is 1.41. The minimum atomic E-state index is -4.44. The molecule has 0 saturated carbocycles. The summed E-state index contributed by atoms with van der Waals surface area (Å²) in [7, 11) is 0. The highest BCUT2D eigenvalue weighted by molar-refractivity contribution is 7.09. The molecule has 1 N–H and O–H groups in total. The van der Waals surface area contributed by atoms with Gasteiger partial charge in [-0.05, 0) is 49.1 Å². The van der Waals surface area contributed by atoms with Crippen molar-refractivity contribution in [3.05, 3.63) is 52.2 Å². The normalized spacial score (nSPS) is 12.5. The van der Waals surface area contributed by atoms with E-state index in [1.807, 2.05) is 17.5 Å². The first-order valence-corrected chi connectivity index (χ1v) is 8.33. The standard InChI is InChI=1S/C17H16F3NO3S/c1-11(24-15(22)9-8-14-3-2-10-25-14)16(23)21-13-6-4-12(5-7-13)17(18,19)20/h2-7,10-11H,8-9H2,1H3,(H,21,23). The van der Waals surface area contributed by atoms with E-state index < -0.39 is 29.7 Å². The number of aryl methyl sites for hydroxylation is 1. The number of benzene rings is 1. The van der Waals surface area contributed by atoms with Gasteiger partial charge in [0.2, 0.25) is 0 Å². The first-order chi connectivity index (χ1) is 11.8. The number of rotatable bonds is 6. The van der Waals surface area contributed by atoms with E-state index in [1.165, 1.54) is 18.3 Å². The van der Waals surface area contributed by atoms with Crippen LogP contribution in [-0.4, -0.2) is 18.0 Å². The Morgan fingerprint density at radius 3 is 2.44 bits per heavy atom. The van der Waals surface area contributed by atoms with Crippen molar-refractivity contribution in [1.82, 2.24) is 0 Å². The molecular weight excluding hydrogens is 355 g/mol. The van der Waals surface area contributed by atoms with Crippen LogP contribution < -0.4 is 5.32 Å². The van der Waals surface area contributed by atoms with E-state index in [0.29, 0.717) is 6.42 Å². The minimum absolute atomic E-state index is 0.151. The van der Waals surface area contributed by atoms with E-state index in [4.69, 9.17) is 4.74 Å². The molecule has 1 atom stereocenters. The van der Waals surface area contributed by atoms with Crippen molar-refractivity contribution in [3.63, 3.8) is 0 Å². The molecule has 1 aromatic heterocycles. The smallest absolute Gasteiger partial charge is 0.416 e. The van der Waals surface area contributed by atoms with E-state index in [-0.39, 0.29) is 12.1 Å². The fourth-order valence-electron chi connectivity index (χ4n) is 1.98. The number of alkyl halides is 3. The number of nitrogens with one attached hydrogen (secondary N) is 1. The molecule has 2 aromatic rings. The Morgan fingerprint density at radius 2 is 1.88 bits per heavy atom. The van der Waals surface area contributed by atoms with Crippen molar-refractivity contribution in [2.75, 3.05) is 5.32 Å². The zero-order chi connectivity index (χ0) is 18.4. The van der Waals surface area contributed by atoms with Gasteiger partial charge >= 0.3 is 12.1 Å². The molecule has 0 spiro atoms. The lowest BCUT2D eigenvalue weighted by molar-refractivity contribution is -0.153. The molecule has 1 heterocycles.